The third-order valence-corrected chi connectivity index (χ3v) is 2.32. The number of aliphatic hydroxyl groups is 1. The van der Waals surface area contributed by atoms with Crippen LogP contribution < -0.4 is 5.73 Å². The molecule has 3 N–H and O–H groups in total. The van der Waals surface area contributed by atoms with Crippen molar-refractivity contribution in [3.05, 3.63) is 23.9 Å². The van der Waals surface area contributed by atoms with Crippen LogP contribution in [-0.2, 0) is 0 Å². The van der Waals surface area contributed by atoms with Crippen molar-refractivity contribution in [2.45, 2.75) is 11.1 Å². The molecular weight excluding hydrogens is 172 g/mol. The van der Waals surface area contributed by atoms with Gasteiger partial charge in [-0.1, -0.05) is 6.07 Å². The van der Waals surface area contributed by atoms with E-state index in [0.29, 0.717) is 0 Å². The van der Waals surface area contributed by atoms with Crippen LogP contribution in [-0.4, -0.2) is 23.0 Å². The maximum absolute atomic E-state index is 8.85. The molecule has 3 nitrogen and oxygen atoms in total. The first-order chi connectivity index (χ1) is 5.79. The van der Waals surface area contributed by atoms with E-state index in [0.717, 1.165) is 10.6 Å². The molecule has 0 saturated carbocycles. The van der Waals surface area contributed by atoms with Crippen LogP contribution in [0, 0.1) is 0 Å². The summed E-state index contributed by atoms with van der Waals surface area (Å²) in [5.41, 5.74) is 6.58. The molecule has 1 heterocycles. The van der Waals surface area contributed by atoms with Gasteiger partial charge in [0.1, 0.15) is 5.03 Å². The quantitative estimate of drug-likeness (QED) is 0.682. The summed E-state index contributed by atoms with van der Waals surface area (Å²) < 4.78 is 0. The predicted molar refractivity (Wildman–Crippen MR) is 50.0 cm³/mol. The molecule has 0 aliphatic heterocycles. The molecule has 0 unspecified atom stereocenters. The second-order valence-electron chi connectivity index (χ2n) is 2.39. The van der Waals surface area contributed by atoms with E-state index < -0.39 is 0 Å². The van der Waals surface area contributed by atoms with Crippen LogP contribution >= 0.6 is 11.8 Å². The summed E-state index contributed by atoms with van der Waals surface area (Å²) in [6.07, 6.45) is 3.66. The molecule has 0 aliphatic rings. The summed E-state index contributed by atoms with van der Waals surface area (Å²) in [5, 5.41) is 9.73. The van der Waals surface area contributed by atoms with Gasteiger partial charge in [-0.25, -0.2) is 4.98 Å². The first-order valence-corrected chi connectivity index (χ1v) is 4.87. The third-order valence-electron chi connectivity index (χ3n) is 1.59. The van der Waals surface area contributed by atoms with Crippen LogP contribution in [0.4, 0.5) is 0 Å². The summed E-state index contributed by atoms with van der Waals surface area (Å²) in [7, 11) is 0. The lowest BCUT2D eigenvalue weighted by Gasteiger charge is -2.10. The first-order valence-electron chi connectivity index (χ1n) is 3.65. The number of nitrogens with zero attached hydrogens (tertiary/aromatic N) is 1. The van der Waals surface area contributed by atoms with Gasteiger partial charge in [0.2, 0.25) is 0 Å². The molecule has 0 fully saturated rings. The Kier molecular flexibility index (Phi) is 3.52. The maximum Gasteiger partial charge on any atom is 0.101 e. The Morgan fingerprint density at radius 2 is 2.50 bits per heavy atom. The fourth-order valence-corrected chi connectivity index (χ4v) is 1.58. The van der Waals surface area contributed by atoms with Gasteiger partial charge in [-0.15, -0.1) is 11.8 Å². The normalized spacial score (nSPS) is 12.9. The Morgan fingerprint density at radius 3 is 3.08 bits per heavy atom. The number of hydrogen-bond donors (Lipinski definition) is 2. The molecule has 1 aromatic heterocycles. The number of aliphatic hydroxyl groups excluding tert-OH is 1. The average molecular weight is 184 g/mol. The predicted octanol–water partition coefficient (Wildman–Crippen LogP) is 0.796. The largest absolute Gasteiger partial charge is 0.394 e. The zero-order valence-corrected chi connectivity index (χ0v) is 7.71. The zero-order valence-electron chi connectivity index (χ0n) is 6.90. The standard InChI is InChI=1S/C8H12N2OS/c1-12-8-6(7(9)5-11)3-2-4-10-8/h2-4,7,11H,5,9H2,1H3/t7-/m0/s1. The van der Waals surface area contributed by atoms with E-state index in [1.54, 1.807) is 6.20 Å². The molecule has 0 saturated heterocycles. The van der Waals surface area contributed by atoms with Gasteiger partial charge in [0.05, 0.1) is 12.6 Å². The number of aromatic nitrogens is 1. The highest BCUT2D eigenvalue weighted by molar-refractivity contribution is 7.98. The van der Waals surface area contributed by atoms with Crippen molar-refractivity contribution in [2.75, 3.05) is 12.9 Å². The van der Waals surface area contributed by atoms with Crippen LogP contribution in [0.3, 0.4) is 0 Å². The molecule has 4 heteroatoms. The fourth-order valence-electron chi connectivity index (χ4n) is 0.954. The highest BCUT2D eigenvalue weighted by Crippen LogP contribution is 2.21. The number of thioether (sulfide) groups is 1. The van der Waals surface area contributed by atoms with Crippen LogP contribution in [0.5, 0.6) is 0 Å². The minimum atomic E-state index is -0.318. The molecule has 12 heavy (non-hydrogen) atoms. The van der Waals surface area contributed by atoms with Gasteiger partial charge in [-0.05, 0) is 12.3 Å². The van der Waals surface area contributed by atoms with E-state index in [2.05, 4.69) is 4.98 Å². The summed E-state index contributed by atoms with van der Waals surface area (Å²) in [5.74, 6) is 0. The van der Waals surface area contributed by atoms with Crippen molar-refractivity contribution < 1.29 is 5.11 Å². The SMILES string of the molecule is CSc1ncccc1[C@@H](N)CO. The van der Waals surface area contributed by atoms with E-state index in [4.69, 9.17) is 10.8 Å². The van der Waals surface area contributed by atoms with Crippen LogP contribution in [0.2, 0.25) is 0 Å². The molecular formula is C8H12N2OS. The minimum Gasteiger partial charge on any atom is -0.394 e. The highest BCUT2D eigenvalue weighted by atomic mass is 32.2. The monoisotopic (exact) mass is 184 g/mol. The first kappa shape index (κ1) is 9.51. The molecule has 1 rings (SSSR count). The summed E-state index contributed by atoms with van der Waals surface area (Å²) in [4.78, 5) is 4.14. The summed E-state index contributed by atoms with van der Waals surface area (Å²) >= 11 is 1.54. The van der Waals surface area contributed by atoms with E-state index in [-0.39, 0.29) is 12.6 Å². The Balaban J connectivity index is 2.96. The number of pyridine rings is 1. The zero-order chi connectivity index (χ0) is 8.97. The van der Waals surface area contributed by atoms with Gasteiger partial charge in [0.15, 0.2) is 0 Å². The Bertz CT molecular complexity index is 255. The van der Waals surface area contributed by atoms with E-state index in [1.807, 2.05) is 18.4 Å². The molecule has 0 aromatic carbocycles. The lowest BCUT2D eigenvalue weighted by Crippen LogP contribution is -2.15. The maximum atomic E-state index is 8.85. The van der Waals surface area contributed by atoms with Crippen molar-refractivity contribution in [1.29, 1.82) is 0 Å². The van der Waals surface area contributed by atoms with Gasteiger partial charge in [0.25, 0.3) is 0 Å². The number of nitrogens with two attached hydrogens (primary N) is 1. The van der Waals surface area contributed by atoms with Crippen molar-refractivity contribution in [2.24, 2.45) is 5.73 Å². The second kappa shape index (κ2) is 4.45. The highest BCUT2D eigenvalue weighted by Gasteiger charge is 2.09. The van der Waals surface area contributed by atoms with Crippen molar-refractivity contribution in [3.63, 3.8) is 0 Å². The van der Waals surface area contributed by atoms with Crippen LogP contribution in [0.25, 0.3) is 0 Å². The Hall–Kier alpha value is -0.580. The van der Waals surface area contributed by atoms with E-state index >= 15 is 0 Å². The topological polar surface area (TPSA) is 59.1 Å². The smallest absolute Gasteiger partial charge is 0.101 e. The Morgan fingerprint density at radius 1 is 1.75 bits per heavy atom. The van der Waals surface area contributed by atoms with Crippen molar-refractivity contribution >= 4 is 11.8 Å². The molecule has 1 aromatic rings. The molecule has 0 spiro atoms. The van der Waals surface area contributed by atoms with Crippen molar-refractivity contribution in [3.8, 4) is 0 Å². The lowest BCUT2D eigenvalue weighted by molar-refractivity contribution is 0.266. The van der Waals surface area contributed by atoms with Crippen molar-refractivity contribution in [1.82, 2.24) is 4.98 Å². The fraction of sp³-hybridized carbons (Fsp3) is 0.375. The van der Waals surface area contributed by atoms with Gasteiger partial charge < -0.3 is 10.8 Å². The minimum absolute atomic E-state index is 0.0424. The lowest BCUT2D eigenvalue weighted by atomic mass is 10.1. The summed E-state index contributed by atoms with van der Waals surface area (Å²) in [6, 6.07) is 3.39. The van der Waals surface area contributed by atoms with Crippen LogP contribution in [0.15, 0.2) is 23.4 Å². The van der Waals surface area contributed by atoms with Gasteiger partial charge in [-0.3, -0.25) is 0 Å². The number of hydrogen-bond acceptors (Lipinski definition) is 4. The molecule has 0 amide bonds. The third kappa shape index (κ3) is 1.97. The summed E-state index contributed by atoms with van der Waals surface area (Å²) in [6.45, 7) is -0.0424. The average Bonchev–Trinajstić information content (AvgIpc) is 2.16. The number of rotatable bonds is 3. The second-order valence-corrected chi connectivity index (χ2v) is 3.19. The van der Waals surface area contributed by atoms with Crippen LogP contribution in [0.1, 0.15) is 11.6 Å². The molecule has 0 bridgehead atoms. The molecule has 0 radical (unpaired) electrons. The molecule has 0 aliphatic carbocycles. The van der Waals surface area contributed by atoms with Gasteiger partial charge >= 0.3 is 0 Å². The van der Waals surface area contributed by atoms with Gasteiger partial charge in [-0.2, -0.15) is 0 Å². The molecule has 66 valence electrons. The van der Waals surface area contributed by atoms with Gasteiger partial charge in [0, 0.05) is 11.8 Å². The van der Waals surface area contributed by atoms with E-state index in [1.165, 1.54) is 11.8 Å². The molecule has 1 atom stereocenters. The van der Waals surface area contributed by atoms with E-state index in [9.17, 15) is 0 Å². The Labute approximate surface area is 76.0 Å².